The minimum atomic E-state index is -3.51. The van der Waals surface area contributed by atoms with Crippen LogP contribution in [0.25, 0.3) is 0 Å². The Labute approximate surface area is 349 Å². The van der Waals surface area contributed by atoms with Crippen molar-refractivity contribution in [3.05, 3.63) is 162 Å². The van der Waals surface area contributed by atoms with Crippen molar-refractivity contribution in [1.29, 1.82) is 0 Å². The number of amides is 3. The first-order valence-corrected chi connectivity index (χ1v) is 23.1. The maximum Gasteiger partial charge on any atom is 0.264 e. The number of benzene rings is 5. The molecule has 2 aliphatic heterocycles. The first-order valence-electron chi connectivity index (χ1n) is 20.1. The van der Waals surface area contributed by atoms with Crippen LogP contribution < -0.4 is 14.7 Å². The van der Waals surface area contributed by atoms with E-state index in [2.05, 4.69) is 10.3 Å². The molecular weight excluding hydrogens is 776 g/mol. The number of halogens is 1. The van der Waals surface area contributed by atoms with Crippen molar-refractivity contribution in [2.45, 2.75) is 62.7 Å². The Morgan fingerprint density at radius 1 is 0.833 bits per heavy atom. The Bertz CT molecular complexity index is 2450. The summed E-state index contributed by atoms with van der Waals surface area (Å²) in [7, 11) is -3.51. The van der Waals surface area contributed by atoms with Crippen LogP contribution in [0.1, 0.15) is 41.6 Å². The third-order valence-electron chi connectivity index (χ3n) is 12.0. The van der Waals surface area contributed by atoms with E-state index in [0.29, 0.717) is 47.0 Å². The van der Waals surface area contributed by atoms with Crippen molar-refractivity contribution in [3.8, 4) is 0 Å². The number of aryl methyl sites for hydroxylation is 1. The third kappa shape index (κ3) is 7.44. The zero-order valence-electron chi connectivity index (χ0n) is 33.7. The monoisotopic (exact) mass is 822 g/mol. The van der Waals surface area contributed by atoms with Gasteiger partial charge >= 0.3 is 0 Å². The lowest BCUT2D eigenvalue weighted by Crippen LogP contribution is -2.45. The summed E-state index contributed by atoms with van der Waals surface area (Å²) in [4.78, 5) is 44.8. The summed E-state index contributed by atoms with van der Waals surface area (Å²) in [5, 5.41) is 19.0. The number of hydrogen-bond acceptors (Lipinski definition) is 7. The molecule has 0 saturated carbocycles. The fraction of sp³-hybridized carbons (Fsp3) is 0.255. The molecule has 1 fully saturated rings. The number of para-hydroxylation sites is 2. The van der Waals surface area contributed by atoms with Gasteiger partial charge in [-0.1, -0.05) is 91.0 Å². The number of rotatable bonds is 15. The summed E-state index contributed by atoms with van der Waals surface area (Å²) in [6.07, 6.45) is 3.02. The van der Waals surface area contributed by atoms with Crippen molar-refractivity contribution < 1.29 is 28.3 Å². The van der Waals surface area contributed by atoms with Gasteiger partial charge in [0.15, 0.2) is 5.60 Å². The molecule has 1 saturated heterocycles. The molecule has 5 aromatic carbocycles. The molecule has 5 atom stereocenters. The zero-order chi connectivity index (χ0) is 42.0. The highest BCUT2D eigenvalue weighted by Crippen LogP contribution is 2.61. The van der Waals surface area contributed by atoms with E-state index in [1.165, 1.54) is 4.90 Å². The second-order valence-corrected chi connectivity index (χ2v) is 19.8. The first kappa shape index (κ1) is 40.5. The van der Waals surface area contributed by atoms with Gasteiger partial charge in [-0.05, 0) is 85.2 Å². The van der Waals surface area contributed by atoms with Crippen molar-refractivity contribution >= 4 is 55.6 Å². The summed E-state index contributed by atoms with van der Waals surface area (Å²) in [5.74, 6) is -1.22. The number of fused-ring (bicyclic) bond motifs is 2. The van der Waals surface area contributed by atoms with E-state index >= 15 is 8.90 Å². The Morgan fingerprint density at radius 3 is 1.98 bits per heavy atom. The van der Waals surface area contributed by atoms with E-state index in [1.807, 2.05) is 140 Å². The summed E-state index contributed by atoms with van der Waals surface area (Å²) < 4.78 is 25.5. The second kappa shape index (κ2) is 16.8. The quantitative estimate of drug-likeness (QED) is 0.0628. The number of aliphatic hydroxyl groups is 1. The molecule has 3 amide bonds. The van der Waals surface area contributed by atoms with E-state index in [0.717, 1.165) is 29.6 Å². The van der Waals surface area contributed by atoms with Crippen LogP contribution in [-0.2, 0) is 37.8 Å². The molecule has 0 bridgehead atoms. The second-order valence-electron chi connectivity index (χ2n) is 16.0. The number of aliphatic hydroxyl groups excluding tert-OH is 1. The molecule has 0 radical (unpaired) electrons. The van der Waals surface area contributed by atoms with Crippen molar-refractivity contribution in [3.63, 3.8) is 0 Å². The number of hydrogen-bond donors (Lipinski definition) is 1. The number of carbonyl (C=O) groups excluding carboxylic acids is 3. The summed E-state index contributed by atoms with van der Waals surface area (Å²) in [6.45, 7) is 5.64. The van der Waals surface area contributed by atoms with Gasteiger partial charge in [-0.15, -0.1) is 5.10 Å². The van der Waals surface area contributed by atoms with Crippen LogP contribution in [-0.4, -0.2) is 59.9 Å². The van der Waals surface area contributed by atoms with Gasteiger partial charge in [0.25, 0.3) is 5.91 Å². The van der Waals surface area contributed by atoms with Gasteiger partial charge in [0.2, 0.25) is 21.2 Å². The highest BCUT2D eigenvalue weighted by atomic mass is 28.4. The molecular formula is C47H47FN6O5Si. The van der Waals surface area contributed by atoms with Gasteiger partial charge in [0.05, 0.1) is 36.6 Å². The number of nitrogens with zero attached hydrogens (tertiary/aromatic N) is 6. The highest BCUT2D eigenvalue weighted by molar-refractivity contribution is 6.72. The molecule has 3 heterocycles. The zero-order valence-corrected chi connectivity index (χ0v) is 34.7. The molecule has 60 heavy (non-hydrogen) atoms. The predicted molar refractivity (Wildman–Crippen MR) is 231 cm³/mol. The van der Waals surface area contributed by atoms with Gasteiger partial charge in [-0.2, -0.15) is 0 Å². The molecule has 8 rings (SSSR count). The standard InChI is InChI=1S/C47H47FN6O5Si/c1-33-45(60(2,3)48)44(25-26-51-29-42(49-50-51)40(30-55)35-13-7-4-8-14-35)59-47(33)41-27-39(54(32-57)37-17-11-6-12-18-37)23-24-43(41)52(46(47)58)28-34-19-21-38(22-20-34)53(31-56)36-15-9-5-10-16-36/h4-24,27,29,31-33,40,44-45,55H,25-26,28,30H2,1-3H3/t33-,40?,44+,45-,47+/m1/s1. The van der Waals surface area contributed by atoms with E-state index in [9.17, 15) is 14.7 Å². The fourth-order valence-electron chi connectivity index (χ4n) is 9.17. The Balaban J connectivity index is 1.14. The lowest BCUT2D eigenvalue weighted by atomic mass is 9.82. The summed E-state index contributed by atoms with van der Waals surface area (Å²) in [6, 6.07) is 41.1. The number of carbonyl (C=O) groups is 3. The molecule has 13 heteroatoms. The lowest BCUT2D eigenvalue weighted by Gasteiger charge is -2.31. The number of anilines is 5. The molecule has 2 aliphatic rings. The third-order valence-corrected chi connectivity index (χ3v) is 14.5. The summed E-state index contributed by atoms with van der Waals surface area (Å²) >= 11 is 0. The number of ether oxygens (including phenoxy) is 1. The van der Waals surface area contributed by atoms with Crippen LogP contribution in [0.4, 0.5) is 32.5 Å². The van der Waals surface area contributed by atoms with Gasteiger partial charge in [0, 0.05) is 52.5 Å². The minimum Gasteiger partial charge on any atom is -0.395 e. The molecule has 6 aromatic rings. The topological polar surface area (TPSA) is 121 Å². The average Bonchev–Trinajstić information content (AvgIpc) is 3.92. The molecule has 0 aliphatic carbocycles. The van der Waals surface area contributed by atoms with Crippen LogP contribution in [0, 0.1) is 5.92 Å². The van der Waals surface area contributed by atoms with Crippen molar-refractivity contribution in [1.82, 2.24) is 15.0 Å². The molecule has 11 nitrogen and oxygen atoms in total. The van der Waals surface area contributed by atoms with E-state index < -0.39 is 31.6 Å². The summed E-state index contributed by atoms with van der Waals surface area (Å²) in [5.41, 5.74) is 4.02. The molecule has 1 spiro atoms. The van der Waals surface area contributed by atoms with Gasteiger partial charge in [-0.3, -0.25) is 28.9 Å². The highest BCUT2D eigenvalue weighted by Gasteiger charge is 2.66. The Morgan fingerprint density at radius 2 is 1.40 bits per heavy atom. The van der Waals surface area contributed by atoms with Gasteiger partial charge in [-0.25, -0.2) is 0 Å². The normalized spacial score (nSPS) is 20.2. The van der Waals surface area contributed by atoms with E-state index in [1.54, 1.807) is 33.8 Å². The van der Waals surface area contributed by atoms with E-state index in [4.69, 9.17) is 4.74 Å². The average molecular weight is 823 g/mol. The Hall–Kier alpha value is -6.28. The largest absolute Gasteiger partial charge is 0.395 e. The van der Waals surface area contributed by atoms with Crippen LogP contribution in [0.5, 0.6) is 0 Å². The lowest BCUT2D eigenvalue weighted by molar-refractivity contribution is -0.146. The van der Waals surface area contributed by atoms with Crippen LogP contribution in [0.3, 0.4) is 0 Å². The molecule has 306 valence electrons. The van der Waals surface area contributed by atoms with Crippen molar-refractivity contribution in [2.75, 3.05) is 21.3 Å². The predicted octanol–water partition coefficient (Wildman–Crippen LogP) is 8.40. The van der Waals surface area contributed by atoms with Crippen LogP contribution >= 0.6 is 0 Å². The fourth-order valence-corrected chi connectivity index (χ4v) is 11.7. The smallest absolute Gasteiger partial charge is 0.264 e. The maximum atomic E-state index is 16.8. The molecule has 1 aromatic heterocycles. The molecule has 1 unspecified atom stereocenters. The SMILES string of the molecule is C[C@@H]1[C@@H]([Si](C)(C)F)[C@H](CCn2cc(C(CO)c3ccccc3)nn2)O[C@@]12C(=O)N(Cc1ccc(N(C=O)c3ccccc3)cc1)c1ccc(N(C=O)c3ccccc3)cc12. The first-order chi connectivity index (χ1) is 29.1. The van der Waals surface area contributed by atoms with E-state index in [-0.39, 0.29) is 25.0 Å². The Kier molecular flexibility index (Phi) is 11.3. The maximum absolute atomic E-state index is 16.8. The van der Waals surface area contributed by atoms with Gasteiger partial charge < -0.3 is 18.9 Å². The number of aromatic nitrogens is 3. The minimum absolute atomic E-state index is 0.140. The van der Waals surface area contributed by atoms with Crippen LogP contribution in [0.2, 0.25) is 18.6 Å². The van der Waals surface area contributed by atoms with Crippen molar-refractivity contribution in [2.24, 2.45) is 5.92 Å². The van der Waals surface area contributed by atoms with Gasteiger partial charge in [0.1, 0.15) is 0 Å². The van der Waals surface area contributed by atoms with Crippen LogP contribution in [0.15, 0.2) is 140 Å². The molecule has 1 N–H and O–H groups in total.